The number of aliphatic hydroxyl groups is 2. The quantitative estimate of drug-likeness (QED) is 0.642. The van der Waals surface area contributed by atoms with Crippen LogP contribution in [0.25, 0.3) is 0 Å². The number of nitrogens with zero attached hydrogens (tertiary/aromatic N) is 1. The van der Waals surface area contributed by atoms with E-state index in [4.69, 9.17) is 9.47 Å². The molecule has 0 radical (unpaired) electrons. The molecule has 0 amide bonds. The summed E-state index contributed by atoms with van der Waals surface area (Å²) in [5, 5.41) is 19.5. The SMILES string of the molecule is CO[C@@H]1OC(CO)[C@@H](C)[C@H](O)C1[N+](C)(C)C. The van der Waals surface area contributed by atoms with Crippen LogP contribution >= 0.6 is 0 Å². The maximum absolute atomic E-state index is 10.3. The van der Waals surface area contributed by atoms with Gasteiger partial charge in [0.1, 0.15) is 6.10 Å². The number of methoxy groups -OCH3 is 1. The first kappa shape index (κ1) is 13.9. The molecule has 5 nitrogen and oxygen atoms in total. The van der Waals surface area contributed by atoms with E-state index in [1.807, 2.05) is 28.1 Å². The van der Waals surface area contributed by atoms with E-state index >= 15 is 0 Å². The summed E-state index contributed by atoms with van der Waals surface area (Å²) < 4.78 is 11.5. The van der Waals surface area contributed by atoms with Gasteiger partial charge in [0.15, 0.2) is 6.04 Å². The fraction of sp³-hybridized carbons (Fsp3) is 1.00. The predicted molar refractivity (Wildman–Crippen MR) is 59.7 cm³/mol. The molecule has 0 aromatic carbocycles. The van der Waals surface area contributed by atoms with Gasteiger partial charge in [-0.05, 0) is 0 Å². The molecule has 0 spiro atoms. The van der Waals surface area contributed by atoms with E-state index in [1.165, 1.54) is 0 Å². The fourth-order valence-electron chi connectivity index (χ4n) is 2.30. The van der Waals surface area contributed by atoms with E-state index in [0.29, 0.717) is 4.48 Å². The Morgan fingerprint density at radius 1 is 1.31 bits per heavy atom. The molecule has 1 aliphatic rings. The van der Waals surface area contributed by atoms with Gasteiger partial charge in [-0.2, -0.15) is 0 Å². The molecule has 1 fully saturated rings. The van der Waals surface area contributed by atoms with Gasteiger partial charge in [0.05, 0.1) is 33.9 Å². The van der Waals surface area contributed by atoms with E-state index in [9.17, 15) is 10.2 Å². The Kier molecular flexibility index (Phi) is 4.31. The van der Waals surface area contributed by atoms with Gasteiger partial charge in [0.25, 0.3) is 0 Å². The average Bonchev–Trinajstić information content (AvgIpc) is 2.19. The molecule has 1 aliphatic heterocycles. The molecule has 16 heavy (non-hydrogen) atoms. The molecule has 1 rings (SSSR count). The average molecular weight is 234 g/mol. The van der Waals surface area contributed by atoms with Crippen LogP contribution in [0, 0.1) is 5.92 Å². The van der Waals surface area contributed by atoms with Crippen LogP contribution in [-0.2, 0) is 9.47 Å². The van der Waals surface area contributed by atoms with Crippen molar-refractivity contribution in [3.8, 4) is 0 Å². The number of ether oxygens (including phenoxy) is 2. The standard InChI is InChI=1S/C11H24NO4/c1-7-8(6-13)16-11(15-5)9(10(7)14)12(2,3)4/h7-11,13-14H,6H2,1-5H3/q+1/t7-,8?,9?,10+,11-/m1/s1. The molecule has 0 saturated carbocycles. The van der Waals surface area contributed by atoms with Gasteiger partial charge in [-0.15, -0.1) is 0 Å². The Morgan fingerprint density at radius 3 is 2.25 bits per heavy atom. The van der Waals surface area contributed by atoms with Crippen LogP contribution in [0.4, 0.5) is 0 Å². The van der Waals surface area contributed by atoms with Crippen LogP contribution in [0.3, 0.4) is 0 Å². The highest BCUT2D eigenvalue weighted by atomic mass is 16.7. The van der Waals surface area contributed by atoms with Crippen molar-refractivity contribution in [2.24, 2.45) is 5.92 Å². The number of quaternary nitrogens is 1. The Bertz CT molecular complexity index is 227. The highest BCUT2D eigenvalue weighted by Crippen LogP contribution is 2.30. The van der Waals surface area contributed by atoms with Crippen molar-refractivity contribution in [2.45, 2.75) is 31.5 Å². The highest BCUT2D eigenvalue weighted by Gasteiger charge is 2.49. The molecule has 2 unspecified atom stereocenters. The van der Waals surface area contributed by atoms with Crippen molar-refractivity contribution < 1.29 is 24.2 Å². The molecule has 5 atom stereocenters. The lowest BCUT2D eigenvalue weighted by Gasteiger charge is -2.47. The molecular weight excluding hydrogens is 210 g/mol. The zero-order chi connectivity index (χ0) is 12.5. The molecular formula is C11H24NO4+. The molecule has 2 N–H and O–H groups in total. The van der Waals surface area contributed by atoms with Crippen molar-refractivity contribution in [2.75, 3.05) is 34.9 Å². The predicted octanol–water partition coefficient (Wildman–Crippen LogP) is -0.578. The molecule has 0 bridgehead atoms. The Hall–Kier alpha value is -0.200. The molecule has 1 saturated heterocycles. The Balaban J connectivity index is 2.91. The van der Waals surface area contributed by atoms with E-state index in [1.54, 1.807) is 7.11 Å². The highest BCUT2D eigenvalue weighted by molar-refractivity contribution is 4.87. The van der Waals surface area contributed by atoms with Crippen molar-refractivity contribution in [1.82, 2.24) is 0 Å². The van der Waals surface area contributed by atoms with Crippen molar-refractivity contribution in [3.05, 3.63) is 0 Å². The largest absolute Gasteiger partial charge is 0.394 e. The first-order valence-corrected chi connectivity index (χ1v) is 5.61. The summed E-state index contributed by atoms with van der Waals surface area (Å²) in [4.78, 5) is 0. The molecule has 0 aliphatic carbocycles. The molecule has 0 aromatic rings. The van der Waals surface area contributed by atoms with Gasteiger partial charge >= 0.3 is 0 Å². The van der Waals surface area contributed by atoms with Gasteiger partial charge in [-0.3, -0.25) is 0 Å². The first-order valence-electron chi connectivity index (χ1n) is 5.61. The number of hydrogen-bond acceptors (Lipinski definition) is 4. The van der Waals surface area contributed by atoms with Gasteiger partial charge in [-0.25, -0.2) is 0 Å². The summed E-state index contributed by atoms with van der Waals surface area (Å²) in [6.45, 7) is 1.79. The number of aliphatic hydroxyl groups excluding tert-OH is 2. The number of likely N-dealkylation sites (N-methyl/N-ethyl adjacent to an activating group) is 1. The summed E-state index contributed by atoms with van der Waals surface area (Å²) >= 11 is 0. The molecule has 5 heteroatoms. The minimum atomic E-state index is -0.546. The molecule has 1 heterocycles. The van der Waals surface area contributed by atoms with Gasteiger partial charge in [0.2, 0.25) is 6.29 Å². The van der Waals surface area contributed by atoms with Crippen molar-refractivity contribution >= 4 is 0 Å². The second-order valence-electron chi connectivity index (χ2n) is 5.42. The van der Waals surface area contributed by atoms with E-state index < -0.39 is 12.4 Å². The van der Waals surface area contributed by atoms with E-state index in [0.717, 1.165) is 0 Å². The third kappa shape index (κ3) is 2.55. The number of hydrogen-bond donors (Lipinski definition) is 2. The van der Waals surface area contributed by atoms with Crippen LogP contribution in [0.5, 0.6) is 0 Å². The fourth-order valence-corrected chi connectivity index (χ4v) is 2.30. The second-order valence-corrected chi connectivity index (χ2v) is 5.42. The Labute approximate surface area is 97.2 Å². The van der Waals surface area contributed by atoms with Crippen molar-refractivity contribution in [1.29, 1.82) is 0 Å². The summed E-state index contributed by atoms with van der Waals surface area (Å²) in [5.74, 6) is -0.0984. The summed E-state index contributed by atoms with van der Waals surface area (Å²) in [5.41, 5.74) is 0. The lowest BCUT2D eigenvalue weighted by Crippen LogP contribution is -2.65. The van der Waals surface area contributed by atoms with Gasteiger partial charge in [0, 0.05) is 13.0 Å². The van der Waals surface area contributed by atoms with Crippen molar-refractivity contribution in [3.63, 3.8) is 0 Å². The minimum absolute atomic E-state index is 0.0953. The summed E-state index contributed by atoms with van der Waals surface area (Å²) in [7, 11) is 7.55. The molecule has 96 valence electrons. The topological polar surface area (TPSA) is 58.9 Å². The molecule has 0 aromatic heterocycles. The van der Waals surface area contributed by atoms with E-state index in [2.05, 4.69) is 0 Å². The third-order valence-electron chi connectivity index (χ3n) is 3.37. The lowest BCUT2D eigenvalue weighted by molar-refractivity contribution is -0.909. The first-order chi connectivity index (χ1) is 7.32. The van der Waals surface area contributed by atoms with Crippen LogP contribution in [-0.4, -0.2) is 74.1 Å². The second kappa shape index (κ2) is 4.98. The Morgan fingerprint density at radius 2 is 1.88 bits per heavy atom. The smallest absolute Gasteiger partial charge is 0.213 e. The normalized spacial score (nSPS) is 41.1. The lowest BCUT2D eigenvalue weighted by atomic mass is 9.88. The minimum Gasteiger partial charge on any atom is -0.394 e. The van der Waals surface area contributed by atoms with Crippen LogP contribution in [0.1, 0.15) is 6.92 Å². The van der Waals surface area contributed by atoms with E-state index in [-0.39, 0.29) is 24.7 Å². The zero-order valence-electron chi connectivity index (χ0n) is 10.8. The monoisotopic (exact) mass is 234 g/mol. The third-order valence-corrected chi connectivity index (χ3v) is 3.37. The summed E-state index contributed by atoms with van der Waals surface area (Å²) in [6, 6.07) is -0.150. The van der Waals surface area contributed by atoms with Gasteiger partial charge < -0.3 is 24.2 Å². The maximum Gasteiger partial charge on any atom is 0.213 e. The van der Waals surface area contributed by atoms with Gasteiger partial charge in [-0.1, -0.05) is 6.92 Å². The number of rotatable bonds is 3. The van der Waals surface area contributed by atoms with Crippen LogP contribution in [0.15, 0.2) is 0 Å². The summed E-state index contributed by atoms with van der Waals surface area (Å²) in [6.07, 6.45) is -1.39. The maximum atomic E-state index is 10.3. The zero-order valence-corrected chi connectivity index (χ0v) is 10.8. The van der Waals surface area contributed by atoms with Crippen LogP contribution in [0.2, 0.25) is 0 Å². The van der Waals surface area contributed by atoms with Crippen LogP contribution < -0.4 is 0 Å².